The summed E-state index contributed by atoms with van der Waals surface area (Å²) in [6, 6.07) is 16.1. The van der Waals surface area contributed by atoms with Gasteiger partial charge in [0.15, 0.2) is 0 Å². The van der Waals surface area contributed by atoms with Crippen molar-refractivity contribution in [1.82, 2.24) is 9.03 Å². The Morgan fingerprint density at radius 2 is 1.53 bits per heavy atom. The fourth-order valence-corrected chi connectivity index (χ4v) is 5.66. The van der Waals surface area contributed by atoms with E-state index >= 15 is 0 Å². The fourth-order valence-electron chi connectivity index (χ4n) is 3.25. The molecular formula is C23H22N4O9S2. The highest BCUT2D eigenvalue weighted by Gasteiger charge is 2.26. The summed E-state index contributed by atoms with van der Waals surface area (Å²) in [4.78, 5) is 33.3. The fraction of sp³-hybridized carbons (Fsp3) is 0.130. The van der Waals surface area contributed by atoms with Gasteiger partial charge < -0.3 is 10.4 Å². The molecule has 0 heterocycles. The number of carboxylic acids is 1. The zero-order chi connectivity index (χ0) is 27.9. The number of hydrogen-bond donors (Lipinski definition) is 3. The van der Waals surface area contributed by atoms with Crippen molar-refractivity contribution >= 4 is 43.4 Å². The molecule has 3 N–H and O–H groups in total. The number of urea groups is 1. The summed E-state index contributed by atoms with van der Waals surface area (Å²) in [5, 5.41) is 22.2. The van der Waals surface area contributed by atoms with Gasteiger partial charge in [-0.15, -0.1) is 0 Å². The topological polar surface area (TPSA) is 193 Å². The number of aliphatic carboxylic acids is 1. The third-order valence-corrected chi connectivity index (χ3v) is 8.28. The van der Waals surface area contributed by atoms with Gasteiger partial charge in [0.05, 0.1) is 21.1 Å². The predicted molar refractivity (Wildman–Crippen MR) is 135 cm³/mol. The van der Waals surface area contributed by atoms with Crippen molar-refractivity contribution in [2.24, 2.45) is 0 Å². The number of non-ortho nitro benzene ring substituents is 1. The zero-order valence-corrected chi connectivity index (χ0v) is 21.2. The number of benzene rings is 3. The van der Waals surface area contributed by atoms with Crippen LogP contribution in [-0.4, -0.2) is 49.7 Å². The number of amides is 2. The van der Waals surface area contributed by atoms with E-state index in [-0.39, 0.29) is 27.7 Å². The van der Waals surface area contributed by atoms with E-state index in [0.717, 1.165) is 10.4 Å². The van der Waals surface area contributed by atoms with Gasteiger partial charge in [0.2, 0.25) is 10.0 Å². The molecule has 3 aromatic carbocycles. The molecule has 3 aromatic rings. The lowest BCUT2D eigenvalue weighted by Gasteiger charge is -2.22. The number of hydrogen-bond acceptors (Lipinski definition) is 8. The Morgan fingerprint density at radius 3 is 2.13 bits per heavy atom. The number of carbonyl (C=O) groups is 2. The van der Waals surface area contributed by atoms with E-state index < -0.39 is 49.9 Å². The van der Waals surface area contributed by atoms with Crippen LogP contribution in [0.15, 0.2) is 88.7 Å². The summed E-state index contributed by atoms with van der Waals surface area (Å²) in [5.41, 5.74) is 0.143. The Kier molecular flexibility index (Phi) is 8.77. The van der Waals surface area contributed by atoms with Crippen LogP contribution < -0.4 is 10.0 Å². The van der Waals surface area contributed by atoms with Crippen LogP contribution >= 0.6 is 0 Å². The maximum atomic E-state index is 13.4. The van der Waals surface area contributed by atoms with Crippen molar-refractivity contribution in [1.29, 1.82) is 0 Å². The Bertz CT molecular complexity index is 1540. The second kappa shape index (κ2) is 11.8. The highest BCUT2D eigenvalue weighted by atomic mass is 32.2. The number of rotatable bonds is 11. The molecule has 0 aliphatic carbocycles. The first kappa shape index (κ1) is 28.2. The molecule has 0 radical (unpaired) electrons. The standard InChI is InChI=1S/C23H22N4O9S2/c28-22(29)13-14-26(16-17-9-11-19(12-10-17)27(31)32)38(35,36)21-8-4-5-18(15-21)24-23(30)25-37(33,34)20-6-2-1-3-7-20/h1-12,15H,13-14,16H2,(H,28,29)(H2,24,25,30). The second-order valence-corrected chi connectivity index (χ2v) is 11.4. The highest BCUT2D eigenvalue weighted by molar-refractivity contribution is 7.90. The number of nitro benzene ring substituents is 1. The molecule has 0 unspecified atom stereocenters. The van der Waals surface area contributed by atoms with Gasteiger partial charge in [0.25, 0.3) is 15.7 Å². The molecule has 0 aliphatic heterocycles. The van der Waals surface area contributed by atoms with Crippen LogP contribution in [0.5, 0.6) is 0 Å². The van der Waals surface area contributed by atoms with E-state index in [4.69, 9.17) is 5.11 Å². The van der Waals surface area contributed by atoms with Crippen molar-refractivity contribution in [2.45, 2.75) is 22.8 Å². The molecule has 38 heavy (non-hydrogen) atoms. The number of carboxylic acid groups (broad SMARTS) is 1. The van der Waals surface area contributed by atoms with Gasteiger partial charge in [-0.25, -0.2) is 26.4 Å². The van der Waals surface area contributed by atoms with E-state index in [9.17, 15) is 36.5 Å². The van der Waals surface area contributed by atoms with Gasteiger partial charge in [-0.1, -0.05) is 36.4 Å². The van der Waals surface area contributed by atoms with Gasteiger partial charge in [-0.3, -0.25) is 14.9 Å². The van der Waals surface area contributed by atoms with Gasteiger partial charge in [0.1, 0.15) is 0 Å². The minimum atomic E-state index is -4.31. The molecule has 2 amide bonds. The average molecular weight is 563 g/mol. The van der Waals surface area contributed by atoms with Crippen LogP contribution in [0.25, 0.3) is 0 Å². The second-order valence-electron chi connectivity index (χ2n) is 7.81. The van der Waals surface area contributed by atoms with E-state index in [1.54, 1.807) is 6.07 Å². The Hall–Kier alpha value is -4.34. The van der Waals surface area contributed by atoms with Gasteiger partial charge in [-0.05, 0) is 35.9 Å². The largest absolute Gasteiger partial charge is 0.481 e. The van der Waals surface area contributed by atoms with Crippen LogP contribution in [0.3, 0.4) is 0 Å². The molecule has 0 saturated heterocycles. The van der Waals surface area contributed by atoms with E-state index in [0.29, 0.717) is 5.56 Å². The lowest BCUT2D eigenvalue weighted by atomic mass is 10.2. The number of nitrogens with zero attached hydrogens (tertiary/aromatic N) is 2. The zero-order valence-electron chi connectivity index (χ0n) is 19.6. The SMILES string of the molecule is O=C(O)CCN(Cc1ccc([N+](=O)[O-])cc1)S(=O)(=O)c1cccc(NC(=O)NS(=O)(=O)c2ccccc2)c1. The molecule has 0 aliphatic rings. The van der Waals surface area contributed by atoms with Crippen molar-refractivity contribution in [3.05, 3.63) is 94.5 Å². The molecule has 0 spiro atoms. The molecule has 0 atom stereocenters. The molecule has 200 valence electrons. The molecule has 13 nitrogen and oxygen atoms in total. The van der Waals surface area contributed by atoms with Gasteiger partial charge in [-0.2, -0.15) is 4.31 Å². The number of sulfonamides is 2. The summed E-state index contributed by atoms with van der Waals surface area (Å²) in [6.45, 7) is -0.677. The van der Waals surface area contributed by atoms with E-state index in [1.165, 1.54) is 66.7 Å². The van der Waals surface area contributed by atoms with Crippen LogP contribution in [0.4, 0.5) is 16.2 Å². The Morgan fingerprint density at radius 1 is 0.895 bits per heavy atom. The third-order valence-electron chi connectivity index (χ3n) is 5.09. The molecule has 15 heteroatoms. The smallest absolute Gasteiger partial charge is 0.333 e. The predicted octanol–water partition coefficient (Wildman–Crippen LogP) is 2.77. The number of nitro groups is 1. The van der Waals surface area contributed by atoms with Crippen LogP contribution in [0, 0.1) is 10.1 Å². The molecule has 0 saturated carbocycles. The monoisotopic (exact) mass is 562 g/mol. The first-order chi connectivity index (χ1) is 17.9. The van der Waals surface area contributed by atoms with Crippen molar-refractivity contribution in [3.63, 3.8) is 0 Å². The van der Waals surface area contributed by atoms with Gasteiger partial charge >= 0.3 is 12.0 Å². The molecular weight excluding hydrogens is 540 g/mol. The number of anilines is 1. The summed E-state index contributed by atoms with van der Waals surface area (Å²) in [6.07, 6.45) is -0.510. The summed E-state index contributed by atoms with van der Waals surface area (Å²) in [7, 11) is -8.49. The first-order valence-electron chi connectivity index (χ1n) is 10.8. The quantitative estimate of drug-likeness (QED) is 0.233. The van der Waals surface area contributed by atoms with Crippen LogP contribution in [-0.2, 0) is 31.4 Å². The molecule has 0 fully saturated rings. The van der Waals surface area contributed by atoms with Crippen molar-refractivity contribution in [3.8, 4) is 0 Å². The highest BCUT2D eigenvalue weighted by Crippen LogP contribution is 2.23. The summed E-state index contributed by atoms with van der Waals surface area (Å²) < 4.78 is 54.2. The minimum Gasteiger partial charge on any atom is -0.481 e. The van der Waals surface area contributed by atoms with E-state index in [2.05, 4.69) is 5.32 Å². The molecule has 0 bridgehead atoms. The maximum Gasteiger partial charge on any atom is 0.333 e. The third kappa shape index (κ3) is 7.34. The summed E-state index contributed by atoms with van der Waals surface area (Å²) >= 11 is 0. The van der Waals surface area contributed by atoms with Gasteiger partial charge in [0, 0.05) is 30.9 Å². The normalized spacial score (nSPS) is 11.6. The first-order valence-corrected chi connectivity index (χ1v) is 13.7. The van der Waals surface area contributed by atoms with E-state index in [1.807, 2.05) is 4.72 Å². The number of carbonyl (C=O) groups excluding carboxylic acids is 1. The molecule has 0 aromatic heterocycles. The minimum absolute atomic E-state index is 0.0413. The molecule has 3 rings (SSSR count). The average Bonchev–Trinajstić information content (AvgIpc) is 2.87. The maximum absolute atomic E-state index is 13.4. The lowest BCUT2D eigenvalue weighted by molar-refractivity contribution is -0.384. The summed E-state index contributed by atoms with van der Waals surface area (Å²) in [5.74, 6) is -1.24. The number of nitrogens with one attached hydrogen (secondary N) is 2. The Labute approximate surface area is 218 Å². The van der Waals surface area contributed by atoms with Crippen LogP contribution in [0.1, 0.15) is 12.0 Å². The van der Waals surface area contributed by atoms with Crippen LogP contribution in [0.2, 0.25) is 0 Å². The lowest BCUT2D eigenvalue weighted by Crippen LogP contribution is -2.34. The van der Waals surface area contributed by atoms with Crippen molar-refractivity contribution < 1.29 is 36.5 Å². The van der Waals surface area contributed by atoms with Crippen molar-refractivity contribution in [2.75, 3.05) is 11.9 Å². The Balaban J connectivity index is 1.82.